The van der Waals surface area contributed by atoms with Gasteiger partial charge in [-0.25, -0.2) is 0 Å². The number of anilines is 5. The van der Waals surface area contributed by atoms with Gasteiger partial charge in [0.2, 0.25) is 0 Å². The Hall–Kier alpha value is -11.5. The molecule has 0 spiro atoms. The van der Waals surface area contributed by atoms with Crippen LogP contribution in [0.3, 0.4) is 0 Å². The molecule has 0 amide bonds. The Balaban J connectivity index is 0.762. The number of hydrogen-bond donors (Lipinski definition) is 0. The smallest absolute Gasteiger partial charge is 0.0547 e. The molecule has 0 N–H and O–H groups in total. The third kappa shape index (κ3) is 9.27. The van der Waals surface area contributed by atoms with Crippen LogP contribution in [0.4, 0.5) is 28.4 Å². The molecule has 16 aromatic rings. The largest absolute Gasteiger partial charge is 0.345 e. The third-order valence-electron chi connectivity index (χ3n) is 17.9. The van der Waals surface area contributed by atoms with E-state index >= 15 is 0 Å². The lowest BCUT2D eigenvalue weighted by Crippen LogP contribution is -2.10. The summed E-state index contributed by atoms with van der Waals surface area (Å²) >= 11 is 0. The Morgan fingerprint density at radius 2 is 0.682 bits per heavy atom. The molecule has 2 aromatic heterocycles. The normalized spacial score (nSPS) is 11.5. The van der Waals surface area contributed by atoms with Crippen molar-refractivity contribution in [1.82, 2.24) is 9.13 Å². The van der Waals surface area contributed by atoms with Crippen LogP contribution in [0.1, 0.15) is 0 Å². The maximum Gasteiger partial charge on any atom is 0.0547 e. The van der Waals surface area contributed by atoms with E-state index in [0.717, 1.165) is 73.1 Å². The number of benzene rings is 14. The van der Waals surface area contributed by atoms with E-state index in [1.165, 1.54) is 82.2 Å². The van der Waals surface area contributed by atoms with Gasteiger partial charge in [-0.3, -0.25) is 0 Å². The molecule has 0 aliphatic heterocycles. The summed E-state index contributed by atoms with van der Waals surface area (Å²) in [5.74, 6) is 0. The molecule has 4 nitrogen and oxygen atoms in total. The van der Waals surface area contributed by atoms with E-state index in [2.05, 4.69) is 361 Å². The number of rotatable bonds is 12. The van der Waals surface area contributed by atoms with Crippen molar-refractivity contribution < 1.29 is 0 Å². The molecule has 88 heavy (non-hydrogen) atoms. The van der Waals surface area contributed by atoms with Gasteiger partial charge in [-0.15, -0.1) is 0 Å². The average molecular weight is 1130 g/mol. The second kappa shape index (κ2) is 21.9. The van der Waals surface area contributed by atoms with Crippen LogP contribution in [0.25, 0.3) is 127 Å². The predicted octanol–water partition coefficient (Wildman–Crippen LogP) is 22.8. The van der Waals surface area contributed by atoms with Gasteiger partial charge in [0.25, 0.3) is 0 Å². The fourth-order valence-corrected chi connectivity index (χ4v) is 13.5. The van der Waals surface area contributed by atoms with Crippen molar-refractivity contribution in [3.05, 3.63) is 328 Å². The Morgan fingerprint density at radius 3 is 1.38 bits per heavy atom. The van der Waals surface area contributed by atoms with E-state index in [0.29, 0.717) is 0 Å². The first-order valence-corrected chi connectivity index (χ1v) is 30.2. The number of hydrogen-bond acceptors (Lipinski definition) is 2. The van der Waals surface area contributed by atoms with E-state index in [4.69, 9.17) is 0 Å². The van der Waals surface area contributed by atoms with Gasteiger partial charge in [0.15, 0.2) is 0 Å². The first kappa shape index (κ1) is 52.1. The summed E-state index contributed by atoms with van der Waals surface area (Å²) < 4.78 is 4.77. The summed E-state index contributed by atoms with van der Waals surface area (Å²) in [6.45, 7) is 0. The van der Waals surface area contributed by atoms with Crippen molar-refractivity contribution in [2.45, 2.75) is 0 Å². The molecular weight excluding hydrogens is 1060 g/mol. The fourth-order valence-electron chi connectivity index (χ4n) is 13.5. The Bertz CT molecular complexity index is 5260. The summed E-state index contributed by atoms with van der Waals surface area (Å²) in [5.41, 5.74) is 25.5. The van der Waals surface area contributed by atoms with Crippen LogP contribution >= 0.6 is 0 Å². The molecular formula is C84H60N4. The lowest BCUT2D eigenvalue weighted by Gasteiger charge is -2.27. The lowest BCUT2D eigenvalue weighted by molar-refractivity contribution is 1.01. The van der Waals surface area contributed by atoms with Crippen molar-refractivity contribution in [2.24, 2.45) is 7.05 Å². The topological polar surface area (TPSA) is 16.3 Å². The molecule has 14 aromatic carbocycles. The van der Waals surface area contributed by atoms with Crippen molar-refractivity contribution in [2.75, 3.05) is 16.8 Å². The Kier molecular flexibility index (Phi) is 13.0. The number of aromatic nitrogens is 2. The van der Waals surface area contributed by atoms with Crippen LogP contribution in [0.15, 0.2) is 328 Å². The molecule has 0 saturated carbocycles. The van der Waals surface area contributed by atoms with E-state index < -0.39 is 0 Å². The number of nitrogens with zero attached hydrogens (tertiary/aromatic N) is 4. The van der Waals surface area contributed by atoms with Crippen LogP contribution < -0.4 is 9.80 Å². The second-order valence-corrected chi connectivity index (χ2v) is 23.0. The molecule has 0 fully saturated rings. The summed E-state index contributed by atoms with van der Waals surface area (Å²) in [7, 11) is 4.29. The first-order valence-electron chi connectivity index (χ1n) is 30.2. The zero-order valence-corrected chi connectivity index (χ0v) is 49.0. The van der Waals surface area contributed by atoms with Gasteiger partial charge in [-0.1, -0.05) is 212 Å². The van der Waals surface area contributed by atoms with Gasteiger partial charge >= 0.3 is 0 Å². The standard InChI is InChI=1S/C84H60N4/c1-85(69-27-8-4-9-28-69)70-46-44-61(45-47-70)76-34-19-37-81-84(76)78-55-65-22-12-13-23-66(65)56-82(78)88(81)73-31-17-26-64(52-73)62-24-16-25-63(50-62)68-51-67(57-20-6-3-7-21-57)53-74(54-68)87(71-29-10-5-11-30-71)72-48-42-59(43-49-72)58-38-40-60(41-39-58)75-33-18-36-80-83(75)77-32-14-15-35-79(77)86(80)2/h3-56H,1-2H3. The molecule has 16 rings (SSSR count). The minimum atomic E-state index is 1.07. The van der Waals surface area contributed by atoms with Gasteiger partial charge < -0.3 is 18.9 Å². The van der Waals surface area contributed by atoms with E-state index in [-0.39, 0.29) is 0 Å². The maximum atomic E-state index is 2.47. The van der Waals surface area contributed by atoms with Crippen LogP contribution in [0.5, 0.6) is 0 Å². The zero-order valence-electron chi connectivity index (χ0n) is 49.0. The molecule has 4 heteroatoms. The lowest BCUT2D eigenvalue weighted by atomic mass is 9.94. The number of aryl methyl sites for hydroxylation is 1. The van der Waals surface area contributed by atoms with Gasteiger partial charge in [0.1, 0.15) is 0 Å². The minimum absolute atomic E-state index is 1.07. The summed E-state index contributed by atoms with van der Waals surface area (Å²) in [4.78, 5) is 4.63. The minimum Gasteiger partial charge on any atom is -0.345 e. The van der Waals surface area contributed by atoms with Crippen LogP contribution in [-0.4, -0.2) is 16.2 Å². The van der Waals surface area contributed by atoms with Crippen LogP contribution in [0.2, 0.25) is 0 Å². The average Bonchev–Trinajstić information content (AvgIpc) is 1.84. The van der Waals surface area contributed by atoms with Crippen LogP contribution in [0, 0.1) is 0 Å². The summed E-state index contributed by atoms with van der Waals surface area (Å²) in [6.07, 6.45) is 0. The van der Waals surface area contributed by atoms with Crippen molar-refractivity contribution >= 4 is 82.8 Å². The molecule has 0 bridgehead atoms. The van der Waals surface area contributed by atoms with E-state index in [1.807, 2.05) is 0 Å². The van der Waals surface area contributed by atoms with Crippen molar-refractivity contribution in [3.8, 4) is 72.4 Å². The Morgan fingerprint density at radius 1 is 0.250 bits per heavy atom. The van der Waals surface area contributed by atoms with Crippen LogP contribution in [-0.2, 0) is 7.05 Å². The van der Waals surface area contributed by atoms with E-state index in [9.17, 15) is 0 Å². The fraction of sp³-hybridized carbons (Fsp3) is 0.0238. The van der Waals surface area contributed by atoms with E-state index in [1.54, 1.807) is 0 Å². The quantitative estimate of drug-likeness (QED) is 0.121. The van der Waals surface area contributed by atoms with Gasteiger partial charge in [-0.2, -0.15) is 0 Å². The third-order valence-corrected chi connectivity index (χ3v) is 17.9. The zero-order chi connectivity index (χ0) is 58.7. The molecule has 0 aliphatic carbocycles. The molecule has 0 saturated heterocycles. The highest BCUT2D eigenvalue weighted by Crippen LogP contribution is 2.45. The van der Waals surface area contributed by atoms with Gasteiger partial charge in [-0.05, 0) is 193 Å². The SMILES string of the molecule is CN(c1ccccc1)c1ccc(-c2cccc3c2c2cc4ccccc4cc2n3-c2cccc(-c3cccc(-c4cc(-c5ccccc5)cc(N(c5ccccc5)c5ccc(-c6ccc(-c7cccc8c7c7ccccc7n8C)cc6)cc5)c4)c3)c2)cc1. The van der Waals surface area contributed by atoms with Gasteiger partial charge in [0, 0.05) is 80.8 Å². The van der Waals surface area contributed by atoms with Crippen molar-refractivity contribution in [1.29, 1.82) is 0 Å². The molecule has 0 unspecified atom stereocenters. The molecule has 416 valence electrons. The predicted molar refractivity (Wildman–Crippen MR) is 374 cm³/mol. The molecule has 0 aliphatic rings. The highest BCUT2D eigenvalue weighted by Gasteiger charge is 2.21. The highest BCUT2D eigenvalue weighted by molar-refractivity contribution is 6.19. The number of para-hydroxylation sites is 3. The monoisotopic (exact) mass is 1120 g/mol. The summed E-state index contributed by atoms with van der Waals surface area (Å²) in [6, 6.07) is 120. The first-order chi connectivity index (χ1) is 43.5. The maximum absolute atomic E-state index is 2.47. The Labute approximate surface area is 512 Å². The molecule has 2 heterocycles. The molecule has 0 atom stereocenters. The highest BCUT2D eigenvalue weighted by atomic mass is 15.1. The number of fused-ring (bicyclic) bond motifs is 7. The second-order valence-electron chi connectivity index (χ2n) is 23.0. The molecule has 0 radical (unpaired) electrons. The van der Waals surface area contributed by atoms with Crippen molar-refractivity contribution in [3.63, 3.8) is 0 Å². The summed E-state index contributed by atoms with van der Waals surface area (Å²) in [5, 5.41) is 7.48. The van der Waals surface area contributed by atoms with Gasteiger partial charge in [0.05, 0.1) is 11.0 Å².